The predicted molar refractivity (Wildman–Crippen MR) is 71.3 cm³/mol. The fraction of sp³-hybridized carbons (Fsp3) is 0.778. The van der Waals surface area contributed by atoms with Crippen molar-refractivity contribution in [3.8, 4) is 0 Å². The number of amides is 1. The van der Waals surface area contributed by atoms with Crippen molar-refractivity contribution in [1.82, 2.24) is 4.67 Å². The molecule has 1 aliphatic heterocycles. The van der Waals surface area contributed by atoms with E-state index in [1.165, 1.54) is 0 Å². The van der Waals surface area contributed by atoms with E-state index in [2.05, 4.69) is 0 Å². The maximum absolute atomic E-state index is 12.6. The molecule has 0 N–H and O–H groups in total. The molecule has 2 atom stereocenters. The van der Waals surface area contributed by atoms with Gasteiger partial charge in [-0.3, -0.25) is 14.2 Å². The van der Waals surface area contributed by atoms with E-state index in [0.29, 0.717) is 11.8 Å². The van der Waals surface area contributed by atoms with Crippen LogP contribution in [0.3, 0.4) is 0 Å². The zero-order chi connectivity index (χ0) is 13.1. The fourth-order valence-electron chi connectivity index (χ4n) is 1.18. The first-order chi connectivity index (χ1) is 7.92. The summed E-state index contributed by atoms with van der Waals surface area (Å²) in [5.74, 6) is 0. The second-order valence-corrected chi connectivity index (χ2v) is 9.23. The molecule has 1 saturated heterocycles. The Morgan fingerprint density at radius 1 is 1.53 bits per heavy atom. The van der Waals surface area contributed by atoms with Gasteiger partial charge < -0.3 is 4.52 Å². The Labute approximate surface area is 109 Å². The van der Waals surface area contributed by atoms with Crippen LogP contribution in [0.25, 0.3) is 0 Å². The van der Waals surface area contributed by atoms with Crippen molar-refractivity contribution >= 4 is 40.2 Å². The van der Waals surface area contributed by atoms with Gasteiger partial charge in [0.25, 0.3) is 5.24 Å². The molecule has 1 fully saturated rings. The van der Waals surface area contributed by atoms with Crippen LogP contribution in [-0.2, 0) is 13.9 Å². The maximum Gasteiger partial charge on any atom is 0.357 e. The normalized spacial score (nSPS) is 21.7. The van der Waals surface area contributed by atoms with Crippen LogP contribution in [0.4, 0.5) is 4.79 Å². The molecular formula is C9H16NO4PS2. The maximum atomic E-state index is 12.6. The summed E-state index contributed by atoms with van der Waals surface area (Å²) < 4.78 is 19.0. The van der Waals surface area contributed by atoms with Crippen LogP contribution < -0.4 is 0 Å². The molecule has 1 heterocycles. The molecule has 0 saturated carbocycles. The molecule has 1 rings (SSSR count). The van der Waals surface area contributed by atoms with Gasteiger partial charge in [0, 0.05) is 17.0 Å². The van der Waals surface area contributed by atoms with Crippen molar-refractivity contribution < 1.29 is 18.7 Å². The van der Waals surface area contributed by atoms with Crippen LogP contribution in [0, 0.1) is 0 Å². The van der Waals surface area contributed by atoms with E-state index in [0.717, 1.165) is 22.5 Å². The van der Waals surface area contributed by atoms with Crippen molar-refractivity contribution in [2.75, 3.05) is 13.2 Å². The second-order valence-electron chi connectivity index (χ2n) is 3.51. The van der Waals surface area contributed by atoms with Crippen molar-refractivity contribution in [2.24, 2.45) is 0 Å². The van der Waals surface area contributed by atoms with Crippen LogP contribution >= 0.6 is 29.9 Å². The second kappa shape index (κ2) is 6.27. The van der Waals surface area contributed by atoms with Crippen LogP contribution in [0.15, 0.2) is 0 Å². The summed E-state index contributed by atoms with van der Waals surface area (Å²) in [5.41, 5.74) is 0. The van der Waals surface area contributed by atoms with E-state index in [1.54, 1.807) is 6.92 Å². The van der Waals surface area contributed by atoms with Gasteiger partial charge in [0.2, 0.25) is 5.12 Å². The number of carbonyl (C=O) groups excluding carboxylic acids is 2. The minimum Gasteiger partial charge on any atom is -0.306 e. The first kappa shape index (κ1) is 15.1. The van der Waals surface area contributed by atoms with Gasteiger partial charge in [0.15, 0.2) is 0 Å². The highest BCUT2D eigenvalue weighted by Gasteiger charge is 2.44. The number of rotatable bonds is 6. The van der Waals surface area contributed by atoms with Gasteiger partial charge >= 0.3 is 6.72 Å². The molecule has 0 aromatic heterocycles. The molecule has 0 spiro atoms. The Hall–Kier alpha value is 0.0300. The third-order valence-corrected chi connectivity index (χ3v) is 8.30. The van der Waals surface area contributed by atoms with Gasteiger partial charge in [-0.05, 0) is 24.7 Å². The van der Waals surface area contributed by atoms with E-state index in [9.17, 15) is 14.2 Å². The van der Waals surface area contributed by atoms with Gasteiger partial charge in [-0.2, -0.15) is 0 Å². The van der Waals surface area contributed by atoms with Crippen LogP contribution in [0.5, 0.6) is 0 Å². The minimum atomic E-state index is -3.27. The molecule has 17 heavy (non-hydrogen) atoms. The Morgan fingerprint density at radius 3 is 2.59 bits per heavy atom. The molecule has 0 radical (unpaired) electrons. The largest absolute Gasteiger partial charge is 0.357 e. The highest BCUT2D eigenvalue weighted by Crippen LogP contribution is 2.66. The monoisotopic (exact) mass is 297 g/mol. The molecule has 0 bridgehead atoms. The minimum absolute atomic E-state index is 0.112. The summed E-state index contributed by atoms with van der Waals surface area (Å²) in [6, 6.07) is 0. The molecule has 1 aliphatic rings. The van der Waals surface area contributed by atoms with Crippen LogP contribution in [0.1, 0.15) is 27.2 Å². The zero-order valence-corrected chi connectivity index (χ0v) is 12.6. The van der Waals surface area contributed by atoms with E-state index in [4.69, 9.17) is 4.52 Å². The molecule has 5 nitrogen and oxygen atoms in total. The highest BCUT2D eigenvalue weighted by atomic mass is 32.7. The molecule has 0 aromatic rings. The average Bonchev–Trinajstić information content (AvgIpc) is 2.58. The molecular weight excluding hydrogens is 281 g/mol. The van der Waals surface area contributed by atoms with Crippen molar-refractivity contribution in [3.05, 3.63) is 0 Å². The summed E-state index contributed by atoms with van der Waals surface area (Å²) in [6.45, 7) is 2.47. The molecule has 2 unspecified atom stereocenters. The van der Waals surface area contributed by atoms with Crippen LogP contribution in [-0.4, -0.2) is 33.4 Å². The van der Waals surface area contributed by atoms with Gasteiger partial charge in [-0.15, -0.1) is 0 Å². The first-order valence-electron chi connectivity index (χ1n) is 5.38. The lowest BCUT2D eigenvalue weighted by Crippen LogP contribution is -2.21. The fourth-order valence-corrected chi connectivity index (χ4v) is 7.23. The Morgan fingerprint density at radius 2 is 2.18 bits per heavy atom. The quantitative estimate of drug-likeness (QED) is 0.700. The van der Waals surface area contributed by atoms with Crippen molar-refractivity contribution in [2.45, 2.75) is 32.4 Å². The van der Waals surface area contributed by atoms with Gasteiger partial charge in [0.1, 0.15) is 6.54 Å². The third kappa shape index (κ3) is 3.74. The van der Waals surface area contributed by atoms with Crippen LogP contribution in [0.2, 0.25) is 0 Å². The highest BCUT2D eigenvalue weighted by molar-refractivity contribution is 8.56. The topological polar surface area (TPSA) is 63.7 Å². The predicted octanol–water partition coefficient (Wildman–Crippen LogP) is 3.36. The number of nitrogens with zero attached hydrogens (tertiary/aromatic N) is 1. The van der Waals surface area contributed by atoms with Gasteiger partial charge in [-0.1, -0.05) is 13.8 Å². The van der Waals surface area contributed by atoms with Crippen molar-refractivity contribution in [1.29, 1.82) is 0 Å². The standard InChI is InChI=1S/C9H16NO4PS2/c1-4-7(3)17-15(13,14-5-2)10-6-8(11)16-9(10)12/h7H,4-6H2,1-3H3. The summed E-state index contributed by atoms with van der Waals surface area (Å²) >= 11 is 1.75. The first-order valence-corrected chi connectivity index (χ1v) is 9.26. The molecule has 0 aromatic carbocycles. The Balaban J connectivity index is 2.87. The SMILES string of the molecule is CCOP(=O)(SC(C)CC)N1CC(=O)SC1=O. The molecule has 1 amide bonds. The summed E-state index contributed by atoms with van der Waals surface area (Å²) in [5, 5.41) is -0.636. The summed E-state index contributed by atoms with van der Waals surface area (Å²) in [7, 11) is 0. The number of carbonyl (C=O) groups is 2. The molecule has 8 heteroatoms. The lowest BCUT2D eigenvalue weighted by molar-refractivity contribution is -0.110. The number of hydrogen-bond donors (Lipinski definition) is 0. The molecule has 98 valence electrons. The van der Waals surface area contributed by atoms with E-state index >= 15 is 0 Å². The zero-order valence-electron chi connectivity index (χ0n) is 10.0. The van der Waals surface area contributed by atoms with Gasteiger partial charge in [-0.25, -0.2) is 4.67 Å². The molecule has 0 aliphatic carbocycles. The van der Waals surface area contributed by atoms with E-state index < -0.39 is 12.0 Å². The van der Waals surface area contributed by atoms with Gasteiger partial charge in [0.05, 0.1) is 6.61 Å². The lowest BCUT2D eigenvalue weighted by Gasteiger charge is -2.26. The summed E-state index contributed by atoms with van der Waals surface area (Å²) in [6.07, 6.45) is 0.824. The smallest absolute Gasteiger partial charge is 0.306 e. The third-order valence-electron chi connectivity index (χ3n) is 2.17. The number of thioether (sulfide) groups is 1. The Bertz CT molecular complexity index is 363. The van der Waals surface area contributed by atoms with Crippen molar-refractivity contribution in [3.63, 3.8) is 0 Å². The van der Waals surface area contributed by atoms with E-state index in [1.807, 2.05) is 13.8 Å². The lowest BCUT2D eigenvalue weighted by atomic mass is 10.4. The Kier molecular flexibility index (Phi) is 5.57. The van der Waals surface area contributed by atoms with E-state index in [-0.39, 0.29) is 23.5 Å². The average molecular weight is 297 g/mol. The number of hydrogen-bond acceptors (Lipinski definition) is 6. The summed E-state index contributed by atoms with van der Waals surface area (Å²) in [4.78, 5) is 22.8.